The van der Waals surface area contributed by atoms with Gasteiger partial charge in [-0.2, -0.15) is 0 Å². The quantitative estimate of drug-likeness (QED) is 0.492. The Morgan fingerprint density at radius 1 is 1.62 bits per heavy atom. The van der Waals surface area contributed by atoms with Crippen LogP contribution in [0, 0.1) is 11.8 Å². The molecule has 74 valence electrons. The van der Waals surface area contributed by atoms with Crippen molar-refractivity contribution in [1.29, 1.82) is 0 Å². The van der Waals surface area contributed by atoms with Gasteiger partial charge in [-0.25, -0.2) is 0 Å². The smallest absolute Gasteiger partial charge is 0.208 e. The van der Waals surface area contributed by atoms with Crippen LogP contribution in [0.1, 0.15) is 33.1 Å². The van der Waals surface area contributed by atoms with Gasteiger partial charge in [0.2, 0.25) is 6.41 Å². The van der Waals surface area contributed by atoms with Crippen LogP contribution < -0.4 is 5.32 Å². The van der Waals surface area contributed by atoms with E-state index in [0.717, 1.165) is 0 Å². The third-order valence-electron chi connectivity index (χ3n) is 2.65. The molecule has 0 radical (unpaired) electrons. The fourth-order valence-electron chi connectivity index (χ4n) is 1.70. The van der Waals surface area contributed by atoms with Crippen LogP contribution in [0.25, 0.3) is 0 Å². The molecule has 0 aromatic heterocycles. The van der Waals surface area contributed by atoms with Crippen molar-refractivity contribution in [3.63, 3.8) is 0 Å². The van der Waals surface area contributed by atoms with Crippen molar-refractivity contribution in [2.24, 2.45) is 16.8 Å². The van der Waals surface area contributed by atoms with Crippen LogP contribution in [0.2, 0.25) is 0 Å². The summed E-state index contributed by atoms with van der Waals surface area (Å²) in [5.74, 6) is 1.36. The van der Waals surface area contributed by atoms with Crippen molar-refractivity contribution in [2.45, 2.75) is 33.1 Å². The summed E-state index contributed by atoms with van der Waals surface area (Å²) in [7, 11) is 0. The Balaban J connectivity index is 2.21. The van der Waals surface area contributed by atoms with Gasteiger partial charge in [-0.05, 0) is 6.42 Å². The lowest BCUT2D eigenvalue weighted by Gasteiger charge is -1.91. The summed E-state index contributed by atoms with van der Waals surface area (Å²) < 4.78 is 0. The topological polar surface area (TPSA) is 41.5 Å². The van der Waals surface area contributed by atoms with Crippen LogP contribution in [-0.4, -0.2) is 18.8 Å². The highest BCUT2D eigenvalue weighted by Crippen LogP contribution is 2.38. The minimum absolute atomic E-state index is 0.450. The Bertz CT molecular complexity index is 201. The zero-order valence-electron chi connectivity index (χ0n) is 8.42. The minimum Gasteiger partial charge on any atom is -0.340 e. The van der Waals surface area contributed by atoms with Crippen molar-refractivity contribution < 1.29 is 4.79 Å². The lowest BCUT2D eigenvalue weighted by molar-refractivity contribution is -0.109. The summed E-state index contributed by atoms with van der Waals surface area (Å²) in [5.41, 5.74) is 1.29. The number of carbonyl (C=O) groups excluding carboxylic acids is 1. The summed E-state index contributed by atoms with van der Waals surface area (Å²) in [6.07, 6.45) is 4.49. The Morgan fingerprint density at radius 2 is 2.38 bits per heavy atom. The summed E-state index contributed by atoms with van der Waals surface area (Å²) in [6, 6.07) is 0. The van der Waals surface area contributed by atoms with Gasteiger partial charge >= 0.3 is 0 Å². The second-order valence-corrected chi connectivity index (χ2v) is 3.60. The number of aliphatic imine (C=N–C) groups is 1. The fraction of sp³-hybridized carbons (Fsp3) is 0.800. The molecule has 0 aromatic carbocycles. The molecule has 0 saturated heterocycles. The molecule has 2 unspecified atom stereocenters. The Labute approximate surface area is 79.6 Å². The van der Waals surface area contributed by atoms with E-state index >= 15 is 0 Å². The average Bonchev–Trinajstić information content (AvgIpc) is 2.74. The number of hydrogen-bond acceptors (Lipinski definition) is 2. The molecular weight excluding hydrogens is 164 g/mol. The second-order valence-electron chi connectivity index (χ2n) is 3.60. The third-order valence-corrected chi connectivity index (χ3v) is 2.65. The first-order valence-electron chi connectivity index (χ1n) is 5.02. The van der Waals surface area contributed by atoms with Gasteiger partial charge < -0.3 is 5.32 Å². The summed E-state index contributed by atoms with van der Waals surface area (Å²) in [4.78, 5) is 14.3. The highest BCUT2D eigenvalue weighted by Gasteiger charge is 2.40. The van der Waals surface area contributed by atoms with E-state index in [1.807, 2.05) is 0 Å². The first-order chi connectivity index (χ1) is 6.31. The zero-order chi connectivity index (χ0) is 9.68. The van der Waals surface area contributed by atoms with E-state index < -0.39 is 0 Å². The van der Waals surface area contributed by atoms with Crippen molar-refractivity contribution in [3.05, 3.63) is 0 Å². The fourth-order valence-corrected chi connectivity index (χ4v) is 1.70. The first-order valence-corrected chi connectivity index (χ1v) is 5.02. The molecule has 0 aliphatic heterocycles. The molecule has 0 bridgehead atoms. The van der Waals surface area contributed by atoms with Crippen LogP contribution in [-0.2, 0) is 4.79 Å². The zero-order valence-corrected chi connectivity index (χ0v) is 8.42. The van der Waals surface area contributed by atoms with Crippen molar-refractivity contribution in [2.75, 3.05) is 6.67 Å². The van der Waals surface area contributed by atoms with E-state index in [2.05, 4.69) is 24.2 Å². The molecule has 2 atom stereocenters. The normalized spacial score (nSPS) is 28.9. The summed E-state index contributed by atoms with van der Waals surface area (Å²) in [6.45, 7) is 4.86. The maximum atomic E-state index is 9.96. The Morgan fingerprint density at radius 3 is 3.00 bits per heavy atom. The number of rotatable bonds is 6. The van der Waals surface area contributed by atoms with Crippen LogP contribution in [0.15, 0.2) is 4.99 Å². The van der Waals surface area contributed by atoms with E-state index in [1.54, 1.807) is 0 Å². The van der Waals surface area contributed by atoms with Crippen LogP contribution in [0.3, 0.4) is 0 Å². The second kappa shape index (κ2) is 5.00. The van der Waals surface area contributed by atoms with Crippen molar-refractivity contribution >= 4 is 12.1 Å². The molecule has 1 rings (SSSR count). The molecule has 13 heavy (non-hydrogen) atoms. The lowest BCUT2D eigenvalue weighted by Crippen LogP contribution is -2.10. The monoisotopic (exact) mass is 182 g/mol. The van der Waals surface area contributed by atoms with Gasteiger partial charge in [-0.3, -0.25) is 9.79 Å². The van der Waals surface area contributed by atoms with E-state index in [1.165, 1.54) is 25.0 Å². The van der Waals surface area contributed by atoms with Gasteiger partial charge in [0.15, 0.2) is 0 Å². The highest BCUT2D eigenvalue weighted by atomic mass is 16.1. The SMILES string of the molecule is CCCCC1C(=NCNC=O)C1C. The molecule has 3 nitrogen and oxygen atoms in total. The van der Waals surface area contributed by atoms with Gasteiger partial charge in [0, 0.05) is 17.5 Å². The summed E-state index contributed by atoms with van der Waals surface area (Å²) in [5, 5.41) is 2.55. The first kappa shape index (κ1) is 10.2. The number of amides is 1. The maximum Gasteiger partial charge on any atom is 0.208 e. The molecule has 0 heterocycles. The van der Waals surface area contributed by atoms with Gasteiger partial charge in [-0.15, -0.1) is 0 Å². The molecule has 0 aromatic rings. The summed E-state index contributed by atoms with van der Waals surface area (Å²) >= 11 is 0. The molecule has 1 saturated carbocycles. The van der Waals surface area contributed by atoms with Crippen molar-refractivity contribution in [3.8, 4) is 0 Å². The predicted molar refractivity (Wildman–Crippen MR) is 53.7 cm³/mol. The van der Waals surface area contributed by atoms with E-state index in [9.17, 15) is 4.79 Å². The molecular formula is C10H18N2O. The molecule has 3 heteroatoms. The Hall–Kier alpha value is -0.860. The Kier molecular flexibility index (Phi) is 3.93. The molecule has 1 fully saturated rings. The molecule has 1 amide bonds. The molecule has 1 N–H and O–H groups in total. The van der Waals surface area contributed by atoms with Crippen LogP contribution in [0.5, 0.6) is 0 Å². The highest BCUT2D eigenvalue weighted by molar-refractivity contribution is 6.03. The van der Waals surface area contributed by atoms with Gasteiger partial charge in [-0.1, -0.05) is 26.7 Å². The van der Waals surface area contributed by atoms with Gasteiger partial charge in [0.25, 0.3) is 0 Å². The largest absolute Gasteiger partial charge is 0.340 e. The minimum atomic E-state index is 0.450. The number of carbonyl (C=O) groups is 1. The van der Waals surface area contributed by atoms with Crippen LogP contribution in [0.4, 0.5) is 0 Å². The molecule has 1 aliphatic rings. The van der Waals surface area contributed by atoms with Crippen molar-refractivity contribution in [1.82, 2.24) is 5.32 Å². The van der Waals surface area contributed by atoms with E-state index in [-0.39, 0.29) is 0 Å². The third kappa shape index (κ3) is 2.83. The standard InChI is InChI=1S/C10H18N2O/c1-3-4-5-9-8(2)10(9)12-6-11-7-13/h7-9H,3-6H2,1-2H3,(H,11,13). The van der Waals surface area contributed by atoms with Gasteiger partial charge in [0.05, 0.1) is 0 Å². The van der Waals surface area contributed by atoms with Gasteiger partial charge in [0.1, 0.15) is 6.67 Å². The lowest BCUT2D eigenvalue weighted by atomic mass is 10.2. The number of unbranched alkanes of at least 4 members (excludes halogenated alkanes) is 1. The molecule has 0 spiro atoms. The number of hydrogen-bond donors (Lipinski definition) is 1. The van der Waals surface area contributed by atoms with E-state index in [0.29, 0.717) is 24.9 Å². The number of nitrogens with one attached hydrogen (secondary N) is 1. The van der Waals surface area contributed by atoms with E-state index in [4.69, 9.17) is 0 Å². The molecule has 1 aliphatic carbocycles. The predicted octanol–water partition coefficient (Wildman–Crippen LogP) is 1.59. The number of nitrogens with zero attached hydrogens (tertiary/aromatic N) is 1. The van der Waals surface area contributed by atoms with Crippen LogP contribution >= 0.6 is 0 Å². The maximum absolute atomic E-state index is 9.96. The average molecular weight is 182 g/mol.